The van der Waals surface area contributed by atoms with E-state index in [1.807, 2.05) is 0 Å². The average Bonchev–Trinajstić information content (AvgIpc) is 3.41. The van der Waals surface area contributed by atoms with Gasteiger partial charge in [0, 0.05) is 19.3 Å². The van der Waals surface area contributed by atoms with Crippen molar-refractivity contribution in [1.29, 1.82) is 0 Å². The number of phosphoric acid groups is 1. The van der Waals surface area contributed by atoms with Crippen molar-refractivity contribution >= 4 is 25.7 Å². The first-order valence-electron chi connectivity index (χ1n) is 31.9. The Labute approximate surface area is 467 Å². The maximum absolute atomic E-state index is 12.9. The predicted molar refractivity (Wildman–Crippen MR) is 316 cm³/mol. The van der Waals surface area contributed by atoms with Crippen LogP contribution in [0, 0.1) is 0 Å². The van der Waals surface area contributed by atoms with Gasteiger partial charge in [-0.05, 0) is 77.0 Å². The molecule has 0 amide bonds. The second-order valence-electron chi connectivity index (χ2n) is 21.6. The highest BCUT2D eigenvalue weighted by atomic mass is 31.2. The number of hydrogen-bond acceptors (Lipinski definition) is 10. The molecular formula is C64H119O11P. The summed E-state index contributed by atoms with van der Waals surface area (Å²) in [6.07, 6.45) is 62.4. The van der Waals surface area contributed by atoms with Crippen LogP contribution in [-0.4, -0.2) is 66.5 Å². The molecule has 3 atom stereocenters. The van der Waals surface area contributed by atoms with Gasteiger partial charge in [0.05, 0.1) is 19.8 Å². The molecule has 2 N–H and O–H groups in total. The lowest BCUT2D eigenvalue weighted by Crippen LogP contribution is -2.30. The topological polar surface area (TPSA) is 155 Å². The molecule has 76 heavy (non-hydrogen) atoms. The second-order valence-corrected chi connectivity index (χ2v) is 23.0. The molecule has 0 aromatic rings. The van der Waals surface area contributed by atoms with Crippen LogP contribution in [0.15, 0.2) is 36.5 Å². The largest absolute Gasteiger partial charge is 0.472 e. The average molecular weight is 1100 g/mol. The summed E-state index contributed by atoms with van der Waals surface area (Å²) >= 11 is 0. The van der Waals surface area contributed by atoms with E-state index in [0.29, 0.717) is 19.3 Å². The van der Waals surface area contributed by atoms with E-state index in [1.165, 1.54) is 154 Å². The van der Waals surface area contributed by atoms with Crippen LogP contribution in [0.1, 0.15) is 316 Å². The van der Waals surface area contributed by atoms with Gasteiger partial charge in [-0.1, -0.05) is 256 Å². The van der Waals surface area contributed by atoms with E-state index in [2.05, 4.69) is 57.2 Å². The number of aliphatic hydroxyl groups is 1. The zero-order valence-electron chi connectivity index (χ0n) is 49.5. The lowest BCUT2D eigenvalue weighted by Gasteiger charge is -2.21. The number of phosphoric ester groups is 1. The number of allylic oxidation sites excluding steroid dienone is 6. The maximum atomic E-state index is 12.9. The van der Waals surface area contributed by atoms with Gasteiger partial charge in [0.1, 0.15) is 12.7 Å². The zero-order valence-corrected chi connectivity index (χ0v) is 50.4. The summed E-state index contributed by atoms with van der Waals surface area (Å²) in [5.41, 5.74) is 0. The molecule has 12 heteroatoms. The number of unbranched alkanes of at least 4 members (excludes halogenated alkanes) is 37. The minimum Gasteiger partial charge on any atom is -0.462 e. The first kappa shape index (κ1) is 73.7. The molecule has 0 aliphatic carbocycles. The Balaban J connectivity index is 4.68. The summed E-state index contributed by atoms with van der Waals surface area (Å²) in [5, 5.41) is 9.84. The SMILES string of the molecule is CCCCC/C=C\C/C=C\CCCCCCCC(=O)OC(CO)COP(=O)(O)OCC(COC(=O)CCCCCCC/C=C\CCCCCCCC)OC(=O)CCCCCCCCCCCCCCCCCCCCC. The zero-order chi connectivity index (χ0) is 55.5. The Kier molecular flexibility index (Phi) is 57.1. The molecular weight excluding hydrogens is 976 g/mol. The third-order valence-corrected chi connectivity index (χ3v) is 15.0. The van der Waals surface area contributed by atoms with Crippen LogP contribution in [0.2, 0.25) is 0 Å². The summed E-state index contributed by atoms with van der Waals surface area (Å²) in [4.78, 5) is 48.7. The summed E-state index contributed by atoms with van der Waals surface area (Å²) < 4.78 is 39.6. The van der Waals surface area contributed by atoms with E-state index in [9.17, 15) is 28.9 Å². The summed E-state index contributed by atoms with van der Waals surface area (Å²) in [6.45, 7) is 4.65. The predicted octanol–water partition coefficient (Wildman–Crippen LogP) is 19.2. The van der Waals surface area contributed by atoms with Gasteiger partial charge >= 0.3 is 25.7 Å². The summed E-state index contributed by atoms with van der Waals surface area (Å²) in [6, 6.07) is 0. The minimum atomic E-state index is -4.75. The van der Waals surface area contributed by atoms with Crippen molar-refractivity contribution in [3.63, 3.8) is 0 Å². The number of hydrogen-bond donors (Lipinski definition) is 2. The Morgan fingerprint density at radius 3 is 1.01 bits per heavy atom. The van der Waals surface area contributed by atoms with Gasteiger partial charge in [-0.15, -0.1) is 0 Å². The van der Waals surface area contributed by atoms with Gasteiger partial charge in [0.2, 0.25) is 0 Å². The van der Waals surface area contributed by atoms with Gasteiger partial charge < -0.3 is 24.2 Å². The quantitative estimate of drug-likeness (QED) is 0.0197. The van der Waals surface area contributed by atoms with Gasteiger partial charge in [-0.25, -0.2) is 4.57 Å². The van der Waals surface area contributed by atoms with Crippen molar-refractivity contribution in [2.24, 2.45) is 0 Å². The van der Waals surface area contributed by atoms with E-state index >= 15 is 0 Å². The fourth-order valence-electron chi connectivity index (χ4n) is 9.15. The molecule has 0 fully saturated rings. The molecule has 0 saturated heterocycles. The number of carbonyl (C=O) groups is 3. The van der Waals surface area contributed by atoms with Crippen molar-refractivity contribution < 1.29 is 52.2 Å². The lowest BCUT2D eigenvalue weighted by atomic mass is 10.0. The van der Waals surface area contributed by atoms with E-state index in [1.54, 1.807) is 0 Å². The van der Waals surface area contributed by atoms with E-state index in [0.717, 1.165) is 103 Å². The third-order valence-electron chi connectivity index (χ3n) is 14.0. The Morgan fingerprint density at radius 2 is 0.645 bits per heavy atom. The van der Waals surface area contributed by atoms with Crippen LogP contribution in [-0.2, 0) is 42.2 Å². The highest BCUT2D eigenvalue weighted by Gasteiger charge is 2.28. The normalized spacial score (nSPS) is 13.5. The van der Waals surface area contributed by atoms with Gasteiger partial charge in [-0.2, -0.15) is 0 Å². The van der Waals surface area contributed by atoms with Gasteiger partial charge in [0.25, 0.3) is 0 Å². The highest BCUT2D eigenvalue weighted by molar-refractivity contribution is 7.47. The lowest BCUT2D eigenvalue weighted by molar-refractivity contribution is -0.161. The van der Waals surface area contributed by atoms with Crippen LogP contribution in [0.3, 0.4) is 0 Å². The Hall–Kier alpha value is -2.30. The fourth-order valence-corrected chi connectivity index (χ4v) is 9.93. The van der Waals surface area contributed by atoms with Crippen LogP contribution in [0.4, 0.5) is 0 Å². The molecule has 0 aliphatic heterocycles. The molecule has 0 aromatic heterocycles. The highest BCUT2D eigenvalue weighted by Crippen LogP contribution is 2.43. The van der Waals surface area contributed by atoms with Crippen molar-refractivity contribution in [2.75, 3.05) is 26.4 Å². The van der Waals surface area contributed by atoms with E-state index in [4.69, 9.17) is 23.3 Å². The standard InChI is InChI=1S/C64H119O11P/c1-4-7-10-13-16-19-22-25-28-29-30-31-34-37-40-43-46-49-52-55-64(68)75-61(57-71-62(66)53-50-47-44-41-38-35-32-26-23-20-17-14-11-8-5-2)59-73-76(69,70)72-58-60(56-65)74-63(67)54-51-48-45-42-39-36-33-27-24-21-18-15-12-9-6-3/h18,21,26-27,32-33,60-61,65H,4-17,19-20,22-25,28-31,34-59H2,1-3H3,(H,69,70)/b21-18-,32-26-,33-27-. The smallest absolute Gasteiger partial charge is 0.462 e. The molecule has 0 spiro atoms. The molecule has 0 saturated carbocycles. The van der Waals surface area contributed by atoms with Crippen LogP contribution >= 0.6 is 7.82 Å². The van der Waals surface area contributed by atoms with E-state index in [-0.39, 0.29) is 25.9 Å². The number of esters is 3. The minimum absolute atomic E-state index is 0.164. The second kappa shape index (κ2) is 58.8. The van der Waals surface area contributed by atoms with Crippen LogP contribution < -0.4 is 0 Å². The number of ether oxygens (including phenoxy) is 3. The van der Waals surface area contributed by atoms with E-state index < -0.39 is 57.8 Å². The first-order chi connectivity index (χ1) is 37.2. The summed E-state index contributed by atoms with van der Waals surface area (Å²) in [7, 11) is -4.75. The third kappa shape index (κ3) is 56.4. The van der Waals surface area contributed by atoms with Crippen LogP contribution in [0.5, 0.6) is 0 Å². The summed E-state index contributed by atoms with van der Waals surface area (Å²) in [5.74, 6) is -1.46. The van der Waals surface area contributed by atoms with Crippen molar-refractivity contribution in [2.45, 2.75) is 328 Å². The Morgan fingerprint density at radius 1 is 0.368 bits per heavy atom. The molecule has 0 rings (SSSR count). The monoisotopic (exact) mass is 1090 g/mol. The maximum Gasteiger partial charge on any atom is 0.472 e. The van der Waals surface area contributed by atoms with Crippen molar-refractivity contribution in [3.05, 3.63) is 36.5 Å². The van der Waals surface area contributed by atoms with Crippen molar-refractivity contribution in [1.82, 2.24) is 0 Å². The molecule has 0 heterocycles. The van der Waals surface area contributed by atoms with Gasteiger partial charge in [-0.3, -0.25) is 23.4 Å². The molecule has 0 radical (unpaired) electrons. The van der Waals surface area contributed by atoms with Gasteiger partial charge in [0.15, 0.2) is 6.10 Å². The first-order valence-corrected chi connectivity index (χ1v) is 33.4. The number of aliphatic hydroxyl groups excluding tert-OH is 1. The molecule has 0 bridgehead atoms. The van der Waals surface area contributed by atoms with Crippen molar-refractivity contribution in [3.8, 4) is 0 Å². The Bertz CT molecular complexity index is 1420. The number of rotatable bonds is 60. The number of carbonyl (C=O) groups excluding carboxylic acids is 3. The molecule has 0 aliphatic rings. The molecule has 446 valence electrons. The van der Waals surface area contributed by atoms with Crippen LogP contribution in [0.25, 0.3) is 0 Å². The molecule has 3 unspecified atom stereocenters. The fraction of sp³-hybridized carbons (Fsp3) is 0.859. The molecule has 11 nitrogen and oxygen atoms in total. The molecule has 0 aromatic carbocycles.